The maximum atomic E-state index is 12.1. The van der Waals surface area contributed by atoms with Crippen LogP contribution >= 0.6 is 15.9 Å². The number of rotatable bonds is 2. The molecule has 2 aromatic rings. The molecule has 3 rings (SSSR count). The topological polar surface area (TPSA) is 77.0 Å². The Balaban J connectivity index is 2.18. The highest BCUT2D eigenvalue weighted by Gasteiger charge is 2.31. The van der Waals surface area contributed by atoms with Crippen LogP contribution in [0.1, 0.15) is 19.0 Å². The lowest BCUT2D eigenvalue weighted by molar-refractivity contribution is -0.130. The second-order valence-corrected chi connectivity index (χ2v) is 5.85. The van der Waals surface area contributed by atoms with Crippen LogP contribution in [-0.2, 0) is 17.9 Å². The number of fused-ring (bicyclic) bond motifs is 3. The molecule has 0 fully saturated rings. The van der Waals surface area contributed by atoms with Crippen molar-refractivity contribution in [1.82, 2.24) is 19.4 Å². The predicted octanol–water partition coefficient (Wildman–Crippen LogP) is 2.08. The van der Waals surface area contributed by atoms with Gasteiger partial charge < -0.3 is 15.2 Å². The average Bonchev–Trinajstić information content (AvgIpc) is 2.79. The number of carbonyl (C=O) groups is 1. The van der Waals surface area contributed by atoms with E-state index in [1.54, 1.807) is 0 Å². The van der Waals surface area contributed by atoms with Gasteiger partial charge in [0.25, 0.3) is 0 Å². The Morgan fingerprint density at radius 3 is 3.05 bits per heavy atom. The fourth-order valence-electron chi connectivity index (χ4n) is 2.87. The van der Waals surface area contributed by atoms with E-state index in [2.05, 4.69) is 44.0 Å². The Bertz CT molecular complexity index is 739. The van der Waals surface area contributed by atoms with Crippen LogP contribution in [0.5, 0.6) is 0 Å². The third kappa shape index (κ3) is 2.03. The molecule has 2 aromatic heterocycles. The Morgan fingerprint density at radius 1 is 1.62 bits per heavy atom. The molecule has 1 aliphatic rings. The molecule has 1 atom stereocenters. The number of amides is 1. The summed E-state index contributed by atoms with van der Waals surface area (Å²) in [4.78, 5) is 22.3. The molecule has 1 unspecified atom stereocenters. The molecule has 6 nitrogen and oxygen atoms in total. The number of nitrogen functional groups attached to an aromatic ring is 1. The van der Waals surface area contributed by atoms with Crippen LogP contribution < -0.4 is 5.73 Å². The Kier molecular flexibility index (Phi) is 3.44. The molecule has 0 bridgehead atoms. The summed E-state index contributed by atoms with van der Waals surface area (Å²) in [5.41, 5.74) is 7.78. The van der Waals surface area contributed by atoms with Gasteiger partial charge in [0.1, 0.15) is 17.8 Å². The minimum Gasteiger partial charge on any atom is -0.383 e. The third-order valence-electron chi connectivity index (χ3n) is 3.99. The van der Waals surface area contributed by atoms with E-state index in [1.165, 1.54) is 12.4 Å². The van der Waals surface area contributed by atoms with Gasteiger partial charge in [-0.3, -0.25) is 4.79 Å². The average molecular weight is 350 g/mol. The van der Waals surface area contributed by atoms with Crippen LogP contribution in [-0.4, -0.2) is 31.4 Å². The number of nitrogens with zero attached hydrogens (tertiary/aromatic N) is 4. The lowest BCUT2D eigenvalue weighted by atomic mass is 10.1. The van der Waals surface area contributed by atoms with Crippen LogP contribution in [0.2, 0.25) is 0 Å². The van der Waals surface area contributed by atoms with Crippen LogP contribution in [0.4, 0.5) is 5.82 Å². The number of anilines is 1. The van der Waals surface area contributed by atoms with E-state index in [9.17, 15) is 4.79 Å². The summed E-state index contributed by atoms with van der Waals surface area (Å²) in [6.07, 6.45) is 3.71. The zero-order valence-corrected chi connectivity index (χ0v) is 13.3. The van der Waals surface area contributed by atoms with Crippen molar-refractivity contribution in [1.29, 1.82) is 0 Å². The Labute approximate surface area is 130 Å². The largest absolute Gasteiger partial charge is 0.383 e. The number of halogens is 1. The Hall–Kier alpha value is -1.89. The van der Waals surface area contributed by atoms with Gasteiger partial charge in [-0.15, -0.1) is 0 Å². The van der Waals surface area contributed by atoms with Crippen LogP contribution in [0.25, 0.3) is 11.0 Å². The van der Waals surface area contributed by atoms with Crippen molar-refractivity contribution in [3.8, 4) is 0 Å². The first-order valence-electron chi connectivity index (χ1n) is 6.78. The maximum absolute atomic E-state index is 12.1. The van der Waals surface area contributed by atoms with Gasteiger partial charge in [-0.25, -0.2) is 9.97 Å². The predicted molar refractivity (Wildman–Crippen MR) is 84.5 cm³/mol. The number of nitrogens with two attached hydrogens (primary N) is 1. The number of hydrogen-bond donors (Lipinski definition) is 1. The van der Waals surface area contributed by atoms with Crippen molar-refractivity contribution >= 4 is 38.7 Å². The second-order valence-electron chi connectivity index (χ2n) is 5.06. The molecule has 1 aliphatic heterocycles. The molecule has 110 valence electrons. The molecule has 0 saturated carbocycles. The van der Waals surface area contributed by atoms with Crippen molar-refractivity contribution in [2.45, 2.75) is 32.5 Å². The molecule has 2 N–H and O–H groups in total. The molecule has 1 amide bonds. The summed E-state index contributed by atoms with van der Waals surface area (Å²) >= 11 is 3.58. The zero-order chi connectivity index (χ0) is 15.1. The third-order valence-corrected chi connectivity index (χ3v) is 4.85. The standard InChI is InChI=1S/C14H16BrN5O/c1-3-8-5-20-9(6-19(8)10(21)4-2)12(15)11-13(16)17-7-18-14(11)20/h4,7-8H,2-3,5-6H2,1H3,(H2,16,17,18). The number of hydrogen-bond acceptors (Lipinski definition) is 4. The van der Waals surface area contributed by atoms with E-state index < -0.39 is 0 Å². The van der Waals surface area contributed by atoms with Crippen LogP contribution in [0, 0.1) is 0 Å². The van der Waals surface area contributed by atoms with Crippen molar-refractivity contribution < 1.29 is 4.79 Å². The smallest absolute Gasteiger partial charge is 0.246 e. The van der Waals surface area contributed by atoms with Gasteiger partial charge in [-0.05, 0) is 28.4 Å². The van der Waals surface area contributed by atoms with Gasteiger partial charge in [-0.2, -0.15) is 0 Å². The fraction of sp³-hybridized carbons (Fsp3) is 0.357. The van der Waals surface area contributed by atoms with Crippen LogP contribution in [0.3, 0.4) is 0 Å². The highest BCUT2D eigenvalue weighted by molar-refractivity contribution is 9.10. The number of aromatic nitrogens is 3. The van der Waals surface area contributed by atoms with Crippen molar-refractivity contribution in [3.63, 3.8) is 0 Å². The molecule has 0 aliphatic carbocycles. The first-order valence-corrected chi connectivity index (χ1v) is 7.57. The van der Waals surface area contributed by atoms with Crippen molar-refractivity contribution in [2.75, 3.05) is 5.73 Å². The first kappa shape index (κ1) is 14.1. The molecule has 3 heterocycles. The first-order chi connectivity index (χ1) is 10.1. The van der Waals surface area contributed by atoms with E-state index in [1.807, 2.05) is 4.90 Å². The van der Waals surface area contributed by atoms with Gasteiger partial charge in [0, 0.05) is 6.54 Å². The van der Waals surface area contributed by atoms with E-state index >= 15 is 0 Å². The van der Waals surface area contributed by atoms with E-state index in [0.29, 0.717) is 18.9 Å². The molecular formula is C14H16BrN5O. The monoisotopic (exact) mass is 349 g/mol. The quantitative estimate of drug-likeness (QED) is 0.842. The van der Waals surface area contributed by atoms with E-state index in [0.717, 1.165) is 27.6 Å². The van der Waals surface area contributed by atoms with E-state index in [-0.39, 0.29) is 11.9 Å². The summed E-state index contributed by atoms with van der Waals surface area (Å²) in [6.45, 7) is 6.87. The minimum atomic E-state index is -0.0516. The lowest BCUT2D eigenvalue weighted by Gasteiger charge is -2.36. The highest BCUT2D eigenvalue weighted by atomic mass is 79.9. The molecule has 7 heteroatoms. The molecule has 0 saturated heterocycles. The number of carbonyl (C=O) groups excluding carboxylic acids is 1. The minimum absolute atomic E-state index is 0.0516. The summed E-state index contributed by atoms with van der Waals surface area (Å²) in [6, 6.07) is 0.127. The Morgan fingerprint density at radius 2 is 2.38 bits per heavy atom. The molecule has 0 radical (unpaired) electrons. The van der Waals surface area contributed by atoms with Gasteiger partial charge >= 0.3 is 0 Å². The molecule has 21 heavy (non-hydrogen) atoms. The van der Waals surface area contributed by atoms with Crippen molar-refractivity contribution in [2.24, 2.45) is 0 Å². The zero-order valence-electron chi connectivity index (χ0n) is 11.7. The summed E-state index contributed by atoms with van der Waals surface area (Å²) < 4.78 is 2.99. The summed E-state index contributed by atoms with van der Waals surface area (Å²) in [5, 5.41) is 0.815. The van der Waals surface area contributed by atoms with Gasteiger partial charge in [0.2, 0.25) is 5.91 Å². The van der Waals surface area contributed by atoms with Crippen LogP contribution in [0.15, 0.2) is 23.5 Å². The van der Waals surface area contributed by atoms with Gasteiger partial charge in [0.15, 0.2) is 0 Å². The van der Waals surface area contributed by atoms with E-state index in [4.69, 9.17) is 5.73 Å². The molecular weight excluding hydrogens is 334 g/mol. The molecule has 0 aromatic carbocycles. The SMILES string of the molecule is C=CC(=O)N1Cc2c(Br)c3c(N)ncnc3n2CC1CC. The summed E-state index contributed by atoms with van der Waals surface area (Å²) in [7, 11) is 0. The lowest BCUT2D eigenvalue weighted by Crippen LogP contribution is -2.45. The van der Waals surface area contributed by atoms with Gasteiger partial charge in [-0.1, -0.05) is 13.5 Å². The van der Waals surface area contributed by atoms with Crippen molar-refractivity contribution in [3.05, 3.63) is 29.1 Å². The fourth-order valence-corrected chi connectivity index (χ4v) is 3.59. The summed E-state index contributed by atoms with van der Waals surface area (Å²) in [5.74, 6) is 0.396. The molecule has 0 spiro atoms. The normalized spacial score (nSPS) is 17.8. The van der Waals surface area contributed by atoms with Gasteiger partial charge in [0.05, 0.1) is 28.1 Å². The maximum Gasteiger partial charge on any atom is 0.246 e. The second kappa shape index (κ2) is 5.14. The highest BCUT2D eigenvalue weighted by Crippen LogP contribution is 2.36.